The molecule has 0 radical (unpaired) electrons. The molecule has 1 aromatic carbocycles. The van der Waals surface area contributed by atoms with Gasteiger partial charge in [-0.05, 0) is 30.2 Å². The lowest BCUT2D eigenvalue weighted by atomic mass is 10.1. The Hall–Kier alpha value is -2.27. The van der Waals surface area contributed by atoms with Crippen molar-refractivity contribution in [3.8, 4) is 0 Å². The molecule has 0 saturated heterocycles. The highest BCUT2D eigenvalue weighted by atomic mass is 35.5. The van der Waals surface area contributed by atoms with Crippen molar-refractivity contribution >= 4 is 23.4 Å². The van der Waals surface area contributed by atoms with E-state index in [0.717, 1.165) is 12.0 Å². The summed E-state index contributed by atoms with van der Waals surface area (Å²) in [6, 6.07) is 8.65. The molecule has 20 heavy (non-hydrogen) atoms. The van der Waals surface area contributed by atoms with E-state index in [1.165, 1.54) is 12.3 Å². The fourth-order valence-corrected chi connectivity index (χ4v) is 1.81. The van der Waals surface area contributed by atoms with E-state index in [9.17, 15) is 9.59 Å². The maximum atomic E-state index is 11.8. The summed E-state index contributed by atoms with van der Waals surface area (Å²) < 4.78 is 0. The number of rotatable bonds is 3. The Balaban J connectivity index is 1.92. The smallest absolute Gasteiger partial charge is 0.286 e. The van der Waals surface area contributed by atoms with Crippen LogP contribution in [0.4, 0.5) is 0 Å². The van der Waals surface area contributed by atoms with Crippen molar-refractivity contribution < 1.29 is 9.59 Å². The number of H-pyrrole nitrogens is 1. The molecule has 2 rings (SSSR count). The zero-order valence-corrected chi connectivity index (χ0v) is 11.6. The summed E-state index contributed by atoms with van der Waals surface area (Å²) in [6.07, 6.45) is 2.40. The predicted octanol–water partition coefficient (Wildman–Crippen LogP) is 2.31. The summed E-state index contributed by atoms with van der Waals surface area (Å²) in [7, 11) is 0. The number of hydrogen-bond donors (Lipinski definition) is 3. The van der Waals surface area contributed by atoms with Crippen LogP contribution < -0.4 is 10.9 Å². The predicted molar refractivity (Wildman–Crippen MR) is 76.6 cm³/mol. The highest BCUT2D eigenvalue weighted by Crippen LogP contribution is 2.09. The Morgan fingerprint density at radius 1 is 1.15 bits per heavy atom. The van der Waals surface area contributed by atoms with Crippen LogP contribution in [0.2, 0.25) is 5.02 Å². The SMILES string of the molecule is CCc1ccc(C(=O)NNC(=O)c2cc(Cl)c[nH]2)cc1. The largest absolute Gasteiger partial charge is 0.356 e. The third kappa shape index (κ3) is 3.39. The minimum absolute atomic E-state index is 0.275. The van der Waals surface area contributed by atoms with E-state index in [0.29, 0.717) is 10.6 Å². The van der Waals surface area contributed by atoms with E-state index < -0.39 is 5.91 Å². The first-order valence-electron chi connectivity index (χ1n) is 6.13. The van der Waals surface area contributed by atoms with Crippen molar-refractivity contribution in [2.45, 2.75) is 13.3 Å². The lowest BCUT2D eigenvalue weighted by Crippen LogP contribution is -2.41. The summed E-state index contributed by atoms with van der Waals surface area (Å²) in [5, 5.41) is 0.427. The summed E-state index contributed by atoms with van der Waals surface area (Å²) in [4.78, 5) is 26.2. The highest BCUT2D eigenvalue weighted by Gasteiger charge is 2.10. The van der Waals surface area contributed by atoms with Gasteiger partial charge in [0.15, 0.2) is 0 Å². The molecule has 6 heteroatoms. The van der Waals surface area contributed by atoms with E-state index in [2.05, 4.69) is 15.8 Å². The van der Waals surface area contributed by atoms with Crippen LogP contribution in [0.3, 0.4) is 0 Å². The minimum atomic E-state index is -0.463. The average molecular weight is 292 g/mol. The summed E-state index contributed by atoms with van der Waals surface area (Å²) in [6.45, 7) is 2.04. The number of nitrogens with one attached hydrogen (secondary N) is 3. The first-order valence-corrected chi connectivity index (χ1v) is 6.51. The second-order valence-electron chi connectivity index (χ2n) is 4.19. The average Bonchev–Trinajstić information content (AvgIpc) is 2.91. The second-order valence-corrected chi connectivity index (χ2v) is 4.63. The van der Waals surface area contributed by atoms with Crippen molar-refractivity contribution in [1.29, 1.82) is 0 Å². The molecule has 0 aliphatic rings. The monoisotopic (exact) mass is 291 g/mol. The molecule has 2 aromatic rings. The van der Waals surface area contributed by atoms with Crippen LogP contribution in [0, 0.1) is 0 Å². The van der Waals surface area contributed by atoms with Crippen molar-refractivity contribution in [2.75, 3.05) is 0 Å². The number of halogens is 1. The topological polar surface area (TPSA) is 74.0 Å². The molecule has 1 heterocycles. The number of carbonyl (C=O) groups is 2. The zero-order chi connectivity index (χ0) is 14.5. The van der Waals surface area contributed by atoms with Crippen LogP contribution in [-0.2, 0) is 6.42 Å². The summed E-state index contributed by atoms with van der Waals surface area (Å²) in [5.74, 6) is -0.839. The maximum absolute atomic E-state index is 11.8. The Bertz CT molecular complexity index is 620. The van der Waals surface area contributed by atoms with Gasteiger partial charge in [0.2, 0.25) is 0 Å². The number of hydrazine groups is 1. The number of benzene rings is 1. The quantitative estimate of drug-likeness (QED) is 0.759. The van der Waals surface area contributed by atoms with Gasteiger partial charge in [-0.1, -0.05) is 30.7 Å². The molecule has 3 N–H and O–H groups in total. The normalized spacial score (nSPS) is 10.1. The second kappa shape index (κ2) is 6.25. The Kier molecular flexibility index (Phi) is 4.42. The van der Waals surface area contributed by atoms with Crippen LogP contribution >= 0.6 is 11.6 Å². The molecular formula is C14H14ClN3O2. The van der Waals surface area contributed by atoms with Crippen molar-refractivity contribution in [3.63, 3.8) is 0 Å². The van der Waals surface area contributed by atoms with Crippen LogP contribution in [0.5, 0.6) is 0 Å². The van der Waals surface area contributed by atoms with Gasteiger partial charge in [-0.3, -0.25) is 20.4 Å². The van der Waals surface area contributed by atoms with Gasteiger partial charge in [0.25, 0.3) is 11.8 Å². The van der Waals surface area contributed by atoms with Crippen LogP contribution in [0.15, 0.2) is 36.5 Å². The van der Waals surface area contributed by atoms with Crippen molar-refractivity contribution in [3.05, 3.63) is 58.4 Å². The van der Waals surface area contributed by atoms with Crippen molar-refractivity contribution in [2.24, 2.45) is 0 Å². The van der Waals surface area contributed by atoms with Gasteiger partial charge >= 0.3 is 0 Å². The van der Waals surface area contributed by atoms with E-state index in [1.54, 1.807) is 12.1 Å². The minimum Gasteiger partial charge on any atom is -0.356 e. The maximum Gasteiger partial charge on any atom is 0.286 e. The van der Waals surface area contributed by atoms with Crippen molar-refractivity contribution in [1.82, 2.24) is 15.8 Å². The Morgan fingerprint density at radius 3 is 2.35 bits per heavy atom. The third-order valence-electron chi connectivity index (χ3n) is 2.81. The number of aromatic amines is 1. The van der Waals surface area contributed by atoms with Gasteiger partial charge in [-0.15, -0.1) is 0 Å². The van der Waals surface area contributed by atoms with Crippen LogP contribution in [-0.4, -0.2) is 16.8 Å². The first kappa shape index (κ1) is 14.1. The Morgan fingerprint density at radius 2 is 1.80 bits per heavy atom. The van der Waals surface area contributed by atoms with Gasteiger partial charge < -0.3 is 4.98 Å². The highest BCUT2D eigenvalue weighted by molar-refractivity contribution is 6.30. The van der Waals surface area contributed by atoms with E-state index >= 15 is 0 Å². The lowest BCUT2D eigenvalue weighted by Gasteiger charge is -2.06. The molecule has 0 spiro atoms. The van der Waals surface area contributed by atoms with Gasteiger partial charge in [0, 0.05) is 11.8 Å². The van der Waals surface area contributed by atoms with E-state index in [-0.39, 0.29) is 11.6 Å². The number of aryl methyl sites for hydroxylation is 1. The molecule has 1 aromatic heterocycles. The summed E-state index contributed by atoms with van der Waals surface area (Å²) >= 11 is 5.69. The fourth-order valence-electron chi connectivity index (χ4n) is 1.64. The molecule has 0 aliphatic heterocycles. The molecule has 2 amide bonds. The number of carbonyl (C=O) groups excluding carboxylic acids is 2. The number of aromatic nitrogens is 1. The number of amides is 2. The van der Waals surface area contributed by atoms with E-state index in [1.807, 2.05) is 19.1 Å². The molecule has 0 bridgehead atoms. The molecule has 5 nitrogen and oxygen atoms in total. The molecule has 0 fully saturated rings. The van der Waals surface area contributed by atoms with E-state index in [4.69, 9.17) is 11.6 Å². The molecule has 0 atom stereocenters. The molecule has 0 aliphatic carbocycles. The molecule has 0 saturated carbocycles. The molecular weight excluding hydrogens is 278 g/mol. The third-order valence-corrected chi connectivity index (χ3v) is 3.02. The van der Waals surface area contributed by atoms with Gasteiger partial charge in [-0.25, -0.2) is 0 Å². The first-order chi connectivity index (χ1) is 9.60. The zero-order valence-electron chi connectivity index (χ0n) is 10.9. The Labute approximate surface area is 121 Å². The van der Waals surface area contributed by atoms with Gasteiger partial charge in [0.1, 0.15) is 5.69 Å². The molecule has 0 unspecified atom stereocenters. The fraction of sp³-hybridized carbons (Fsp3) is 0.143. The van der Waals surface area contributed by atoms with Gasteiger partial charge in [-0.2, -0.15) is 0 Å². The lowest BCUT2D eigenvalue weighted by molar-refractivity contribution is 0.0844. The van der Waals surface area contributed by atoms with Gasteiger partial charge in [0.05, 0.1) is 5.02 Å². The summed E-state index contributed by atoms with van der Waals surface area (Å²) in [5.41, 5.74) is 6.55. The standard InChI is InChI=1S/C14H14ClN3O2/c1-2-9-3-5-10(6-4-9)13(19)17-18-14(20)12-7-11(15)8-16-12/h3-8,16H,2H2,1H3,(H,17,19)(H,18,20). The number of hydrogen-bond acceptors (Lipinski definition) is 2. The molecule has 104 valence electrons. The van der Waals surface area contributed by atoms with Crippen LogP contribution in [0.25, 0.3) is 0 Å². The van der Waals surface area contributed by atoms with Crippen LogP contribution in [0.1, 0.15) is 33.3 Å².